The first-order valence-corrected chi connectivity index (χ1v) is 6.40. The number of carbonyl (C=O) groups excluding carboxylic acids is 1. The molecule has 108 valence electrons. The number of carboxylic acid groups (broad SMARTS) is 1. The van der Waals surface area contributed by atoms with E-state index in [-0.39, 0.29) is 19.7 Å². The molecule has 0 aromatic heterocycles. The highest BCUT2D eigenvalue weighted by Crippen LogP contribution is 2.06. The van der Waals surface area contributed by atoms with Crippen molar-refractivity contribution in [3.05, 3.63) is 48.6 Å². The highest BCUT2D eigenvalue weighted by atomic mass is 16.6. The average Bonchev–Trinajstić information content (AvgIpc) is 2.69. The summed E-state index contributed by atoms with van der Waals surface area (Å²) in [6.07, 6.45) is 12.0. The minimum atomic E-state index is -1.07. The maximum Gasteiger partial charge on any atom is 0.410 e. The Morgan fingerprint density at radius 2 is 2.25 bits per heavy atom. The minimum absolute atomic E-state index is 0.129. The van der Waals surface area contributed by atoms with Gasteiger partial charge >= 0.3 is 12.1 Å². The number of hydrogen-bond donors (Lipinski definition) is 1. The highest BCUT2D eigenvalue weighted by Gasteiger charge is 2.17. The number of rotatable bonds is 7. The fourth-order valence-corrected chi connectivity index (χ4v) is 1.60. The van der Waals surface area contributed by atoms with Crippen molar-refractivity contribution in [3.8, 4) is 0 Å². The van der Waals surface area contributed by atoms with Gasteiger partial charge in [0.1, 0.15) is 13.2 Å². The summed E-state index contributed by atoms with van der Waals surface area (Å²) in [7, 11) is 0. The summed E-state index contributed by atoms with van der Waals surface area (Å²) in [6.45, 7) is 3.59. The molecular weight excluding hydrogens is 258 g/mol. The van der Waals surface area contributed by atoms with Crippen LogP contribution in [0.1, 0.15) is 12.8 Å². The van der Waals surface area contributed by atoms with E-state index in [0.717, 1.165) is 16.9 Å². The van der Waals surface area contributed by atoms with Crippen LogP contribution in [-0.4, -0.2) is 41.8 Å². The minimum Gasteiger partial charge on any atom is -0.480 e. The molecule has 0 saturated carbocycles. The van der Waals surface area contributed by atoms with Gasteiger partial charge in [0.15, 0.2) is 0 Å². The van der Waals surface area contributed by atoms with Crippen molar-refractivity contribution in [2.75, 3.05) is 19.7 Å². The predicted molar refractivity (Wildman–Crippen MR) is 76.4 cm³/mol. The molecule has 1 aliphatic carbocycles. The van der Waals surface area contributed by atoms with Crippen LogP contribution in [0.4, 0.5) is 4.79 Å². The van der Waals surface area contributed by atoms with Crippen molar-refractivity contribution in [2.45, 2.75) is 12.8 Å². The summed E-state index contributed by atoms with van der Waals surface area (Å²) in [6, 6.07) is 0. The summed E-state index contributed by atoms with van der Waals surface area (Å²) >= 11 is 0. The van der Waals surface area contributed by atoms with Gasteiger partial charge in [-0.1, -0.05) is 36.5 Å². The van der Waals surface area contributed by atoms with Crippen LogP contribution in [0.3, 0.4) is 0 Å². The first kappa shape index (κ1) is 15.8. The molecule has 0 radical (unpaired) electrons. The lowest BCUT2D eigenvalue weighted by Crippen LogP contribution is -2.37. The summed E-state index contributed by atoms with van der Waals surface area (Å²) in [5.74, 6) is -1.07. The van der Waals surface area contributed by atoms with Crippen molar-refractivity contribution in [3.63, 3.8) is 0 Å². The summed E-state index contributed by atoms with van der Waals surface area (Å²) in [4.78, 5) is 23.7. The quantitative estimate of drug-likeness (QED) is 0.726. The monoisotopic (exact) mass is 277 g/mol. The second-order valence-electron chi connectivity index (χ2n) is 4.26. The third-order valence-electron chi connectivity index (χ3n) is 2.60. The van der Waals surface area contributed by atoms with Crippen LogP contribution in [0.2, 0.25) is 0 Å². The number of nitrogens with zero attached hydrogens (tertiary/aromatic N) is 1. The zero-order valence-corrected chi connectivity index (χ0v) is 11.3. The van der Waals surface area contributed by atoms with Gasteiger partial charge in [0, 0.05) is 6.54 Å². The van der Waals surface area contributed by atoms with E-state index in [1.165, 1.54) is 0 Å². The number of carboxylic acids is 1. The van der Waals surface area contributed by atoms with Crippen molar-refractivity contribution < 1.29 is 19.4 Å². The SMILES string of the molecule is C=CCCN(CC(=O)O)C(=O)OCC1=CC=CCC=C1. The van der Waals surface area contributed by atoms with E-state index < -0.39 is 12.1 Å². The van der Waals surface area contributed by atoms with Crippen molar-refractivity contribution in [1.29, 1.82) is 0 Å². The van der Waals surface area contributed by atoms with E-state index in [1.807, 2.05) is 30.4 Å². The number of aliphatic carboxylic acids is 1. The lowest BCUT2D eigenvalue weighted by molar-refractivity contribution is -0.138. The van der Waals surface area contributed by atoms with Gasteiger partial charge < -0.3 is 9.84 Å². The zero-order valence-electron chi connectivity index (χ0n) is 11.3. The molecule has 1 aliphatic rings. The molecule has 0 saturated heterocycles. The number of hydrogen-bond acceptors (Lipinski definition) is 3. The van der Waals surface area contributed by atoms with Gasteiger partial charge in [-0.15, -0.1) is 6.58 Å². The zero-order chi connectivity index (χ0) is 14.8. The van der Waals surface area contributed by atoms with Gasteiger partial charge in [0.25, 0.3) is 0 Å². The Balaban J connectivity index is 2.52. The van der Waals surface area contributed by atoms with Gasteiger partial charge in [0.2, 0.25) is 0 Å². The molecule has 1 N–H and O–H groups in total. The fourth-order valence-electron chi connectivity index (χ4n) is 1.60. The molecule has 0 aliphatic heterocycles. The van der Waals surface area contributed by atoms with Crippen LogP contribution in [0.25, 0.3) is 0 Å². The van der Waals surface area contributed by atoms with Gasteiger partial charge in [-0.3, -0.25) is 9.69 Å². The molecule has 0 aromatic rings. The van der Waals surface area contributed by atoms with E-state index in [4.69, 9.17) is 9.84 Å². The number of allylic oxidation sites excluding steroid dienone is 4. The molecule has 20 heavy (non-hydrogen) atoms. The van der Waals surface area contributed by atoms with E-state index in [2.05, 4.69) is 6.58 Å². The van der Waals surface area contributed by atoms with Crippen molar-refractivity contribution in [2.24, 2.45) is 0 Å². The van der Waals surface area contributed by atoms with Crippen LogP contribution in [0, 0.1) is 0 Å². The van der Waals surface area contributed by atoms with Crippen LogP contribution >= 0.6 is 0 Å². The van der Waals surface area contributed by atoms with E-state index >= 15 is 0 Å². The molecule has 0 aromatic carbocycles. The van der Waals surface area contributed by atoms with Crippen molar-refractivity contribution >= 4 is 12.1 Å². The highest BCUT2D eigenvalue weighted by molar-refractivity contribution is 5.76. The predicted octanol–water partition coefficient (Wildman–Crippen LogP) is 2.53. The first-order valence-electron chi connectivity index (χ1n) is 6.40. The lowest BCUT2D eigenvalue weighted by atomic mass is 10.2. The van der Waals surface area contributed by atoms with Gasteiger partial charge in [-0.25, -0.2) is 4.79 Å². The average molecular weight is 277 g/mol. The maximum absolute atomic E-state index is 11.8. The van der Waals surface area contributed by atoms with E-state index in [1.54, 1.807) is 6.08 Å². The normalized spacial score (nSPS) is 13.3. The molecule has 0 heterocycles. The molecule has 0 fully saturated rings. The number of carbonyl (C=O) groups is 2. The van der Waals surface area contributed by atoms with Crippen LogP contribution in [0.5, 0.6) is 0 Å². The standard InChI is InChI=1S/C15H19NO4/c1-2-3-10-16(11-14(17)18)15(19)20-12-13-8-6-4-5-7-9-13/h2,4,6-9H,1,3,5,10-12H2,(H,17,18). The molecule has 1 amide bonds. The van der Waals surface area contributed by atoms with Gasteiger partial charge in [0.05, 0.1) is 0 Å². The fraction of sp³-hybridized carbons (Fsp3) is 0.333. The smallest absolute Gasteiger partial charge is 0.410 e. The van der Waals surface area contributed by atoms with Crippen LogP contribution in [0.15, 0.2) is 48.6 Å². The molecule has 5 nitrogen and oxygen atoms in total. The van der Waals surface area contributed by atoms with E-state index in [0.29, 0.717) is 6.42 Å². The lowest BCUT2D eigenvalue weighted by Gasteiger charge is -2.19. The molecule has 1 rings (SSSR count). The summed E-state index contributed by atoms with van der Waals surface area (Å²) in [5.41, 5.74) is 0.867. The second-order valence-corrected chi connectivity index (χ2v) is 4.26. The second kappa shape index (κ2) is 8.74. The third-order valence-corrected chi connectivity index (χ3v) is 2.60. The number of ether oxygens (including phenoxy) is 1. The molecule has 0 unspecified atom stereocenters. The Morgan fingerprint density at radius 3 is 2.95 bits per heavy atom. The topological polar surface area (TPSA) is 66.8 Å². The Kier molecular flexibility index (Phi) is 6.89. The molecular formula is C15H19NO4. The maximum atomic E-state index is 11.8. The van der Waals surface area contributed by atoms with Crippen LogP contribution < -0.4 is 0 Å². The van der Waals surface area contributed by atoms with Crippen molar-refractivity contribution in [1.82, 2.24) is 4.90 Å². The van der Waals surface area contributed by atoms with E-state index in [9.17, 15) is 9.59 Å². The van der Waals surface area contributed by atoms with Gasteiger partial charge in [-0.05, 0) is 18.4 Å². The van der Waals surface area contributed by atoms with Gasteiger partial charge in [-0.2, -0.15) is 0 Å². The third kappa shape index (κ3) is 6.04. The van der Waals surface area contributed by atoms with Crippen LogP contribution in [-0.2, 0) is 9.53 Å². The largest absolute Gasteiger partial charge is 0.480 e. The molecule has 0 spiro atoms. The summed E-state index contributed by atoms with van der Waals surface area (Å²) in [5, 5.41) is 8.78. The Bertz CT molecular complexity index is 449. The molecule has 5 heteroatoms. The summed E-state index contributed by atoms with van der Waals surface area (Å²) < 4.78 is 5.13. The first-order chi connectivity index (χ1) is 9.63. The molecule has 0 bridgehead atoms. The molecule has 0 atom stereocenters. The number of amides is 1. The Morgan fingerprint density at radius 1 is 1.45 bits per heavy atom. The Hall–Kier alpha value is -2.30. The Labute approximate surface area is 118 Å².